The lowest BCUT2D eigenvalue weighted by Crippen LogP contribution is -2.43. The van der Waals surface area contributed by atoms with Crippen molar-refractivity contribution in [1.29, 1.82) is 0 Å². The summed E-state index contributed by atoms with van der Waals surface area (Å²) in [6, 6.07) is 0. The van der Waals surface area contributed by atoms with Crippen LogP contribution in [0.4, 0.5) is 10.9 Å². The number of carbonyl (C=O) groups is 1. The van der Waals surface area contributed by atoms with E-state index in [-0.39, 0.29) is 11.3 Å². The number of anilines is 2. The molecule has 0 unspecified atom stereocenters. The van der Waals surface area contributed by atoms with Crippen LogP contribution >= 0.6 is 11.3 Å². The topological polar surface area (TPSA) is 83.3 Å². The summed E-state index contributed by atoms with van der Waals surface area (Å²) in [5, 5.41) is 7.04. The second-order valence-electron chi connectivity index (χ2n) is 6.19. The largest absolute Gasteiger partial charge is 0.382 e. The zero-order chi connectivity index (χ0) is 14.8. The highest BCUT2D eigenvalue weighted by molar-refractivity contribution is 7.18. The highest BCUT2D eigenvalue weighted by Gasteiger charge is 2.21. The van der Waals surface area contributed by atoms with Crippen LogP contribution in [0.25, 0.3) is 0 Å². The van der Waals surface area contributed by atoms with E-state index < -0.39 is 0 Å². The van der Waals surface area contributed by atoms with Gasteiger partial charge in [-0.2, -0.15) is 0 Å². The highest BCUT2D eigenvalue weighted by atomic mass is 32.1. The molecule has 0 radical (unpaired) electrons. The number of amides is 1. The lowest BCUT2D eigenvalue weighted by atomic mass is 9.97. The Balaban J connectivity index is 2.04. The van der Waals surface area contributed by atoms with Gasteiger partial charge in [-0.3, -0.25) is 4.79 Å². The van der Waals surface area contributed by atoms with Gasteiger partial charge in [0, 0.05) is 32.7 Å². The van der Waals surface area contributed by atoms with Crippen molar-refractivity contribution in [2.75, 3.05) is 43.4 Å². The van der Waals surface area contributed by atoms with Crippen LogP contribution in [0.1, 0.15) is 30.4 Å². The average molecular weight is 297 g/mol. The molecule has 7 heteroatoms. The fraction of sp³-hybridized carbons (Fsp3) is 0.692. The first-order valence-corrected chi connectivity index (χ1v) is 7.69. The summed E-state index contributed by atoms with van der Waals surface area (Å²) in [7, 11) is 0. The molecule has 0 saturated carbocycles. The van der Waals surface area contributed by atoms with E-state index in [4.69, 9.17) is 5.73 Å². The first-order chi connectivity index (χ1) is 9.37. The van der Waals surface area contributed by atoms with Crippen LogP contribution in [-0.4, -0.2) is 43.6 Å². The number of nitrogens with one attached hydrogen (secondary N) is 2. The second kappa shape index (κ2) is 5.97. The summed E-state index contributed by atoms with van der Waals surface area (Å²) in [5.74, 6) is 0.200. The molecule has 1 amide bonds. The predicted molar refractivity (Wildman–Crippen MR) is 83.4 cm³/mol. The van der Waals surface area contributed by atoms with E-state index in [1.807, 2.05) is 0 Å². The van der Waals surface area contributed by atoms with Crippen LogP contribution in [0.2, 0.25) is 0 Å². The molecule has 0 atom stereocenters. The van der Waals surface area contributed by atoms with Crippen molar-refractivity contribution < 1.29 is 4.79 Å². The monoisotopic (exact) mass is 297 g/mol. The van der Waals surface area contributed by atoms with Gasteiger partial charge in [-0.1, -0.05) is 32.1 Å². The van der Waals surface area contributed by atoms with Crippen molar-refractivity contribution >= 4 is 28.2 Å². The first kappa shape index (κ1) is 15.1. The Labute approximate surface area is 123 Å². The van der Waals surface area contributed by atoms with Gasteiger partial charge < -0.3 is 21.3 Å². The first-order valence-electron chi connectivity index (χ1n) is 6.87. The molecule has 0 aliphatic carbocycles. The Bertz CT molecular complexity index is 474. The molecule has 0 bridgehead atoms. The summed E-state index contributed by atoms with van der Waals surface area (Å²) in [4.78, 5) is 19.2. The van der Waals surface area contributed by atoms with E-state index in [2.05, 4.69) is 41.3 Å². The number of piperazine rings is 1. The maximum absolute atomic E-state index is 12.2. The van der Waals surface area contributed by atoms with E-state index in [0.717, 1.165) is 31.3 Å². The van der Waals surface area contributed by atoms with Gasteiger partial charge in [0.2, 0.25) is 0 Å². The minimum Gasteiger partial charge on any atom is -0.382 e. The SMILES string of the molecule is CC(C)(C)CNC(=O)c1sc(N2CCNCC2)nc1N. The third-order valence-corrected chi connectivity index (χ3v) is 4.15. The fourth-order valence-electron chi connectivity index (χ4n) is 1.90. The average Bonchev–Trinajstić information content (AvgIpc) is 2.78. The minimum absolute atomic E-state index is 0.0521. The van der Waals surface area contributed by atoms with Gasteiger partial charge in [-0.05, 0) is 5.41 Å². The predicted octanol–water partition coefficient (Wildman–Crippen LogP) is 0.911. The minimum atomic E-state index is -0.128. The third kappa shape index (κ3) is 3.83. The number of rotatable bonds is 3. The van der Waals surface area contributed by atoms with E-state index in [0.29, 0.717) is 17.2 Å². The number of nitrogens with zero attached hydrogens (tertiary/aromatic N) is 2. The molecule has 1 fully saturated rings. The maximum atomic E-state index is 12.2. The third-order valence-electron chi connectivity index (χ3n) is 3.02. The van der Waals surface area contributed by atoms with Gasteiger partial charge in [-0.25, -0.2) is 4.98 Å². The number of thiazole rings is 1. The lowest BCUT2D eigenvalue weighted by molar-refractivity contribution is 0.0944. The van der Waals surface area contributed by atoms with Crippen molar-refractivity contribution in [3.8, 4) is 0 Å². The number of hydrogen-bond donors (Lipinski definition) is 3. The van der Waals surface area contributed by atoms with E-state index in [1.165, 1.54) is 11.3 Å². The lowest BCUT2D eigenvalue weighted by Gasteiger charge is -2.26. The van der Waals surface area contributed by atoms with Crippen LogP contribution in [0.15, 0.2) is 0 Å². The van der Waals surface area contributed by atoms with Gasteiger partial charge in [0.05, 0.1) is 0 Å². The molecule has 2 heterocycles. The molecule has 1 aromatic rings. The Kier molecular flexibility index (Phi) is 4.49. The number of carbonyl (C=O) groups excluding carboxylic acids is 1. The molecular weight excluding hydrogens is 274 g/mol. The Hall–Kier alpha value is -1.34. The van der Waals surface area contributed by atoms with Gasteiger partial charge in [0.25, 0.3) is 5.91 Å². The molecule has 6 nitrogen and oxygen atoms in total. The Morgan fingerprint density at radius 2 is 2.10 bits per heavy atom. The summed E-state index contributed by atoms with van der Waals surface area (Å²) in [6.07, 6.45) is 0. The number of nitrogen functional groups attached to an aromatic ring is 1. The number of aromatic nitrogens is 1. The Morgan fingerprint density at radius 3 is 2.70 bits per heavy atom. The molecule has 1 saturated heterocycles. The van der Waals surface area contributed by atoms with Crippen LogP contribution in [-0.2, 0) is 0 Å². The van der Waals surface area contributed by atoms with Crippen molar-refractivity contribution in [3.63, 3.8) is 0 Å². The molecule has 1 aliphatic rings. The van der Waals surface area contributed by atoms with Gasteiger partial charge in [-0.15, -0.1) is 0 Å². The van der Waals surface area contributed by atoms with Crippen molar-refractivity contribution in [2.45, 2.75) is 20.8 Å². The molecule has 0 aromatic carbocycles. The fourth-order valence-corrected chi connectivity index (χ4v) is 2.85. The van der Waals surface area contributed by atoms with Crippen molar-refractivity contribution in [1.82, 2.24) is 15.6 Å². The van der Waals surface area contributed by atoms with Gasteiger partial charge in [0.15, 0.2) is 5.13 Å². The molecule has 1 aliphatic heterocycles. The van der Waals surface area contributed by atoms with Gasteiger partial charge in [0.1, 0.15) is 10.7 Å². The summed E-state index contributed by atoms with van der Waals surface area (Å²) < 4.78 is 0. The molecule has 2 rings (SSSR count). The Morgan fingerprint density at radius 1 is 1.45 bits per heavy atom. The number of hydrogen-bond acceptors (Lipinski definition) is 6. The van der Waals surface area contributed by atoms with Crippen LogP contribution in [0.3, 0.4) is 0 Å². The summed E-state index contributed by atoms with van der Waals surface area (Å²) in [5.41, 5.74) is 5.94. The zero-order valence-electron chi connectivity index (χ0n) is 12.3. The summed E-state index contributed by atoms with van der Waals surface area (Å²) in [6.45, 7) is 10.5. The van der Waals surface area contributed by atoms with E-state index in [9.17, 15) is 4.79 Å². The standard InChI is InChI=1S/C13H23N5OS/c1-13(2,3)8-16-11(19)9-10(14)17-12(20-9)18-6-4-15-5-7-18/h15H,4-8,14H2,1-3H3,(H,16,19). The maximum Gasteiger partial charge on any atom is 0.265 e. The molecule has 112 valence electrons. The smallest absolute Gasteiger partial charge is 0.265 e. The van der Waals surface area contributed by atoms with Crippen molar-refractivity contribution in [3.05, 3.63) is 4.88 Å². The molecule has 0 spiro atoms. The number of nitrogens with two attached hydrogens (primary N) is 1. The van der Waals surface area contributed by atoms with Crippen LogP contribution in [0.5, 0.6) is 0 Å². The highest BCUT2D eigenvalue weighted by Crippen LogP contribution is 2.28. The molecular formula is C13H23N5OS. The zero-order valence-corrected chi connectivity index (χ0v) is 13.1. The second-order valence-corrected chi connectivity index (χ2v) is 7.17. The quantitative estimate of drug-likeness (QED) is 0.772. The van der Waals surface area contributed by atoms with E-state index >= 15 is 0 Å². The van der Waals surface area contributed by atoms with Crippen LogP contribution < -0.4 is 21.3 Å². The molecule has 4 N–H and O–H groups in total. The van der Waals surface area contributed by atoms with Crippen molar-refractivity contribution in [2.24, 2.45) is 5.41 Å². The van der Waals surface area contributed by atoms with Crippen LogP contribution in [0, 0.1) is 5.41 Å². The van der Waals surface area contributed by atoms with Gasteiger partial charge >= 0.3 is 0 Å². The molecule has 20 heavy (non-hydrogen) atoms. The van der Waals surface area contributed by atoms with E-state index in [1.54, 1.807) is 0 Å². The normalized spacial score (nSPS) is 16.2. The summed E-state index contributed by atoms with van der Waals surface area (Å²) >= 11 is 1.37. The molecule has 1 aromatic heterocycles.